The number of hydrogen-bond donors (Lipinski definition) is 1. The fourth-order valence-corrected chi connectivity index (χ4v) is 3.55. The molecule has 0 unspecified atom stereocenters. The summed E-state index contributed by atoms with van der Waals surface area (Å²) in [5.74, 6) is 0.880. The Morgan fingerprint density at radius 3 is 2.90 bits per heavy atom. The lowest BCUT2D eigenvalue weighted by atomic mass is 10.1. The average Bonchev–Trinajstić information content (AvgIpc) is 3.10. The number of nitrogens with one attached hydrogen (secondary N) is 1. The van der Waals surface area contributed by atoms with Gasteiger partial charge in [0.05, 0.1) is 10.4 Å². The van der Waals surface area contributed by atoms with Gasteiger partial charge in [0.1, 0.15) is 11.8 Å². The smallest absolute Gasteiger partial charge is 0.135 e. The van der Waals surface area contributed by atoms with Gasteiger partial charge in [0, 0.05) is 22.2 Å². The third-order valence-corrected chi connectivity index (χ3v) is 4.77. The summed E-state index contributed by atoms with van der Waals surface area (Å²) < 4.78 is 5.59. The van der Waals surface area contributed by atoms with Crippen molar-refractivity contribution in [2.24, 2.45) is 0 Å². The maximum atomic E-state index is 5.59. The zero-order valence-electron chi connectivity index (χ0n) is 11.6. The molecule has 0 saturated carbocycles. The lowest BCUT2D eigenvalue weighted by molar-refractivity contribution is 0.608. The van der Waals surface area contributed by atoms with Crippen molar-refractivity contribution >= 4 is 33.6 Å². The molecule has 21 heavy (non-hydrogen) atoms. The molecule has 2 aromatic heterocycles. The van der Waals surface area contributed by atoms with Crippen LogP contribution in [0.1, 0.15) is 11.3 Å². The van der Waals surface area contributed by atoms with E-state index in [-0.39, 0.29) is 0 Å². The lowest BCUT2D eigenvalue weighted by Crippen LogP contribution is -1.83. The van der Waals surface area contributed by atoms with Gasteiger partial charge in [-0.15, -0.1) is 11.8 Å². The number of aromatic amines is 1. The van der Waals surface area contributed by atoms with Gasteiger partial charge in [-0.2, -0.15) is 5.10 Å². The largest absolute Gasteiger partial charge is 0.463 e. The van der Waals surface area contributed by atoms with E-state index in [1.165, 1.54) is 21.2 Å². The Labute approximate surface area is 126 Å². The van der Waals surface area contributed by atoms with Crippen molar-refractivity contribution in [3.05, 3.63) is 60.0 Å². The number of benzene rings is 2. The second-order valence-corrected chi connectivity index (χ2v) is 6.06. The van der Waals surface area contributed by atoms with Gasteiger partial charge in [0.2, 0.25) is 0 Å². The predicted molar refractivity (Wildman–Crippen MR) is 86.6 cm³/mol. The summed E-state index contributed by atoms with van der Waals surface area (Å²) in [4.78, 5) is 1.18. The maximum absolute atomic E-state index is 5.59. The minimum Gasteiger partial charge on any atom is -0.463 e. The number of H-pyrrole nitrogens is 1. The summed E-state index contributed by atoms with van der Waals surface area (Å²) in [6, 6.07) is 14.5. The Kier molecular flexibility index (Phi) is 2.97. The molecule has 2 heterocycles. The maximum Gasteiger partial charge on any atom is 0.135 e. The van der Waals surface area contributed by atoms with Crippen molar-refractivity contribution in [2.45, 2.75) is 17.6 Å². The van der Waals surface area contributed by atoms with E-state index in [2.05, 4.69) is 41.4 Å². The van der Waals surface area contributed by atoms with Crippen LogP contribution in [-0.4, -0.2) is 10.2 Å². The van der Waals surface area contributed by atoms with Gasteiger partial charge >= 0.3 is 0 Å². The fourth-order valence-electron chi connectivity index (χ4n) is 2.56. The number of furan rings is 1. The van der Waals surface area contributed by atoms with Crippen LogP contribution in [0, 0.1) is 6.92 Å². The molecule has 0 aliphatic heterocycles. The molecule has 2 aromatic carbocycles. The van der Waals surface area contributed by atoms with Crippen LogP contribution in [0.4, 0.5) is 0 Å². The zero-order valence-corrected chi connectivity index (χ0v) is 12.4. The van der Waals surface area contributed by atoms with Crippen molar-refractivity contribution in [2.75, 3.05) is 0 Å². The molecular weight excluding hydrogens is 280 g/mol. The summed E-state index contributed by atoms with van der Waals surface area (Å²) in [6.45, 7) is 2.05. The van der Waals surface area contributed by atoms with Gasteiger partial charge in [0.25, 0.3) is 0 Å². The van der Waals surface area contributed by atoms with Crippen LogP contribution < -0.4 is 0 Å². The van der Waals surface area contributed by atoms with Gasteiger partial charge in [-0.25, -0.2) is 0 Å². The fraction of sp³-hybridized carbons (Fsp3) is 0.118. The van der Waals surface area contributed by atoms with Crippen molar-refractivity contribution in [3.8, 4) is 0 Å². The van der Waals surface area contributed by atoms with Crippen LogP contribution in [0.2, 0.25) is 0 Å². The van der Waals surface area contributed by atoms with E-state index in [4.69, 9.17) is 4.42 Å². The van der Waals surface area contributed by atoms with E-state index in [1.807, 2.05) is 24.5 Å². The Morgan fingerprint density at radius 1 is 1.10 bits per heavy atom. The van der Waals surface area contributed by atoms with E-state index >= 15 is 0 Å². The van der Waals surface area contributed by atoms with Crippen molar-refractivity contribution < 1.29 is 4.42 Å². The Morgan fingerprint density at radius 2 is 1.95 bits per heavy atom. The topological polar surface area (TPSA) is 41.8 Å². The second kappa shape index (κ2) is 4.97. The highest BCUT2D eigenvalue weighted by atomic mass is 32.2. The molecule has 3 nitrogen and oxygen atoms in total. The van der Waals surface area contributed by atoms with E-state index < -0.39 is 0 Å². The summed E-state index contributed by atoms with van der Waals surface area (Å²) in [7, 11) is 0. The zero-order chi connectivity index (χ0) is 14.2. The molecule has 0 bridgehead atoms. The van der Waals surface area contributed by atoms with Crippen LogP contribution in [0.15, 0.2) is 58.0 Å². The number of thioether (sulfide) groups is 1. The van der Waals surface area contributed by atoms with Crippen LogP contribution in [0.25, 0.3) is 21.9 Å². The number of hydrogen-bond acceptors (Lipinski definition) is 3. The summed E-state index contributed by atoms with van der Waals surface area (Å²) in [6.07, 6.45) is 1.84. The van der Waals surface area contributed by atoms with E-state index in [0.717, 1.165) is 22.5 Å². The van der Waals surface area contributed by atoms with Gasteiger partial charge in [0.15, 0.2) is 0 Å². The molecule has 0 aliphatic carbocycles. The first-order valence-corrected chi connectivity index (χ1v) is 7.83. The van der Waals surface area contributed by atoms with Gasteiger partial charge in [-0.05, 0) is 24.6 Å². The summed E-state index contributed by atoms with van der Waals surface area (Å²) >= 11 is 1.79. The molecule has 0 atom stereocenters. The number of rotatable bonds is 3. The molecule has 0 aliphatic rings. The standard InChI is InChI=1S/C17H14N2OS/c1-11-13-7-4-5-12(17(13)19-18-11)10-21-16-9-20-15-8-3-2-6-14(15)16/h2-9H,10H2,1H3,(H,18,19). The van der Waals surface area contributed by atoms with Gasteiger partial charge in [-0.1, -0.05) is 30.3 Å². The molecule has 0 radical (unpaired) electrons. The van der Waals surface area contributed by atoms with E-state index in [9.17, 15) is 0 Å². The molecule has 0 amide bonds. The van der Waals surface area contributed by atoms with Crippen LogP contribution in [-0.2, 0) is 5.75 Å². The van der Waals surface area contributed by atoms with Crippen LogP contribution in [0.5, 0.6) is 0 Å². The highest BCUT2D eigenvalue weighted by Crippen LogP contribution is 2.33. The Bertz CT molecular complexity index is 923. The Balaban J connectivity index is 1.66. The first-order valence-electron chi connectivity index (χ1n) is 6.84. The molecule has 0 saturated heterocycles. The van der Waals surface area contributed by atoms with Crippen molar-refractivity contribution in [1.82, 2.24) is 10.2 Å². The molecule has 0 fully saturated rings. The number of para-hydroxylation sites is 2. The lowest BCUT2D eigenvalue weighted by Gasteiger charge is -2.01. The number of aromatic nitrogens is 2. The monoisotopic (exact) mass is 294 g/mol. The minimum atomic E-state index is 0.880. The minimum absolute atomic E-state index is 0.880. The molecule has 0 spiro atoms. The number of fused-ring (bicyclic) bond motifs is 2. The predicted octanol–water partition coefficient (Wildman–Crippen LogP) is 4.91. The normalized spacial score (nSPS) is 11.5. The molecule has 4 aromatic rings. The van der Waals surface area contributed by atoms with Crippen LogP contribution in [0.3, 0.4) is 0 Å². The third-order valence-electron chi connectivity index (χ3n) is 3.69. The van der Waals surface area contributed by atoms with Crippen molar-refractivity contribution in [1.29, 1.82) is 0 Å². The molecule has 1 N–H and O–H groups in total. The van der Waals surface area contributed by atoms with Gasteiger partial charge < -0.3 is 4.42 Å². The van der Waals surface area contributed by atoms with Gasteiger partial charge in [-0.3, -0.25) is 5.10 Å². The summed E-state index contributed by atoms with van der Waals surface area (Å²) in [5.41, 5.74) is 4.36. The number of nitrogens with zero attached hydrogens (tertiary/aromatic N) is 1. The molecule has 4 rings (SSSR count). The van der Waals surface area contributed by atoms with Crippen LogP contribution >= 0.6 is 11.8 Å². The second-order valence-electron chi connectivity index (χ2n) is 5.05. The SMILES string of the molecule is Cc1[nH]nc2c(CSc3coc4ccccc34)cccc12. The average molecular weight is 294 g/mol. The highest BCUT2D eigenvalue weighted by molar-refractivity contribution is 7.98. The molecule has 4 heteroatoms. The first-order chi connectivity index (χ1) is 10.3. The third kappa shape index (κ3) is 2.12. The van der Waals surface area contributed by atoms with Crippen molar-refractivity contribution in [3.63, 3.8) is 0 Å². The highest BCUT2D eigenvalue weighted by Gasteiger charge is 2.09. The quantitative estimate of drug-likeness (QED) is 0.546. The number of aryl methyl sites for hydroxylation is 1. The first kappa shape index (κ1) is 12.5. The summed E-state index contributed by atoms with van der Waals surface area (Å²) in [5, 5.41) is 9.85. The molecular formula is C17H14N2OS. The van der Waals surface area contributed by atoms with E-state index in [1.54, 1.807) is 11.8 Å². The Hall–Kier alpha value is -2.20. The van der Waals surface area contributed by atoms with E-state index in [0.29, 0.717) is 0 Å². The molecule has 104 valence electrons.